The van der Waals surface area contributed by atoms with Crippen molar-refractivity contribution in [3.8, 4) is 11.4 Å². The Morgan fingerprint density at radius 1 is 1.12 bits per heavy atom. The zero-order chi connectivity index (χ0) is 23.5. The van der Waals surface area contributed by atoms with Gasteiger partial charge in [0.05, 0.1) is 18.0 Å². The molecule has 8 heteroatoms. The minimum absolute atomic E-state index is 0.261. The van der Waals surface area contributed by atoms with Crippen LogP contribution in [0, 0.1) is 6.92 Å². The fourth-order valence-electron chi connectivity index (χ4n) is 4.43. The molecule has 1 aliphatic carbocycles. The van der Waals surface area contributed by atoms with E-state index in [1.165, 1.54) is 5.56 Å². The summed E-state index contributed by atoms with van der Waals surface area (Å²) in [5.74, 6) is 1.89. The van der Waals surface area contributed by atoms with Gasteiger partial charge in [0, 0.05) is 24.2 Å². The molecule has 5 rings (SSSR count). The number of halogens is 2. The maximum Gasteiger partial charge on any atom is 0.224 e. The fraction of sp³-hybridized carbons (Fsp3) is 0.269. The van der Waals surface area contributed by atoms with Gasteiger partial charge >= 0.3 is 0 Å². The normalized spacial score (nSPS) is 14.7. The Labute approximate surface area is 208 Å². The summed E-state index contributed by atoms with van der Waals surface area (Å²) in [7, 11) is 0. The van der Waals surface area contributed by atoms with Gasteiger partial charge in [-0.15, -0.1) is 0 Å². The van der Waals surface area contributed by atoms with Crippen molar-refractivity contribution in [2.75, 3.05) is 18.5 Å². The van der Waals surface area contributed by atoms with E-state index in [9.17, 15) is 0 Å². The number of aryl methyl sites for hydroxylation is 1. The second-order valence-corrected chi connectivity index (χ2v) is 9.14. The number of rotatable bonds is 8. The largest absolute Gasteiger partial charge is 0.491 e. The third-order valence-electron chi connectivity index (χ3n) is 6.04. The molecule has 4 aromatic rings. The van der Waals surface area contributed by atoms with Gasteiger partial charge in [0.2, 0.25) is 5.28 Å². The van der Waals surface area contributed by atoms with Crippen LogP contribution in [0.25, 0.3) is 5.69 Å². The highest BCUT2D eigenvalue weighted by molar-refractivity contribution is 6.29. The van der Waals surface area contributed by atoms with Crippen LogP contribution in [0.2, 0.25) is 10.4 Å². The third-order valence-corrected chi connectivity index (χ3v) is 6.41. The highest BCUT2D eigenvalue weighted by Crippen LogP contribution is 2.40. The molecule has 0 aliphatic heterocycles. The van der Waals surface area contributed by atoms with Crippen molar-refractivity contribution < 1.29 is 4.74 Å². The summed E-state index contributed by atoms with van der Waals surface area (Å²) in [4.78, 5) is 13.2. The average molecular weight is 494 g/mol. The van der Waals surface area contributed by atoms with Crippen LogP contribution in [0.1, 0.15) is 41.1 Å². The number of imidazole rings is 1. The predicted octanol–water partition coefficient (Wildman–Crippen LogP) is 6.24. The van der Waals surface area contributed by atoms with Gasteiger partial charge in [-0.05, 0) is 61.0 Å². The topological polar surface area (TPSA) is 64.9 Å². The number of nitrogens with zero attached hydrogens (tertiary/aromatic N) is 4. The summed E-state index contributed by atoms with van der Waals surface area (Å²) in [6, 6.07) is 16.5. The van der Waals surface area contributed by atoms with Crippen molar-refractivity contribution in [2.24, 2.45) is 0 Å². The zero-order valence-corrected chi connectivity index (χ0v) is 20.4. The van der Waals surface area contributed by atoms with Gasteiger partial charge in [-0.3, -0.25) is 0 Å². The number of anilines is 1. The molecule has 34 heavy (non-hydrogen) atoms. The molecule has 6 nitrogen and oxygen atoms in total. The highest BCUT2D eigenvalue weighted by Gasteiger charge is 2.29. The first kappa shape index (κ1) is 22.7. The summed E-state index contributed by atoms with van der Waals surface area (Å²) in [6.07, 6.45) is 6.20. The van der Waals surface area contributed by atoms with Crippen LogP contribution in [0.15, 0.2) is 61.1 Å². The second kappa shape index (κ2) is 10.0. The van der Waals surface area contributed by atoms with E-state index in [1.54, 1.807) is 12.5 Å². The van der Waals surface area contributed by atoms with Gasteiger partial charge in [0.15, 0.2) is 0 Å². The van der Waals surface area contributed by atoms with Gasteiger partial charge < -0.3 is 14.6 Å². The highest BCUT2D eigenvalue weighted by atomic mass is 35.5. The van der Waals surface area contributed by atoms with E-state index in [0.717, 1.165) is 53.3 Å². The molecule has 0 radical (unpaired) electrons. The molecule has 1 unspecified atom stereocenters. The molecule has 0 fully saturated rings. The minimum Gasteiger partial charge on any atom is -0.491 e. The van der Waals surface area contributed by atoms with Crippen molar-refractivity contribution in [3.63, 3.8) is 0 Å². The van der Waals surface area contributed by atoms with Crippen LogP contribution in [-0.4, -0.2) is 32.7 Å². The number of hydrogen-bond donors (Lipinski definition) is 1. The number of hydrogen-bond acceptors (Lipinski definition) is 5. The molecule has 2 aromatic carbocycles. The summed E-state index contributed by atoms with van der Waals surface area (Å²) < 4.78 is 7.99. The van der Waals surface area contributed by atoms with Crippen LogP contribution in [0.5, 0.6) is 5.75 Å². The third kappa shape index (κ3) is 4.88. The summed E-state index contributed by atoms with van der Waals surface area (Å²) >= 11 is 12.3. The van der Waals surface area contributed by atoms with E-state index >= 15 is 0 Å². The predicted molar refractivity (Wildman–Crippen MR) is 136 cm³/mol. The van der Waals surface area contributed by atoms with Crippen molar-refractivity contribution in [1.82, 2.24) is 19.5 Å². The number of benzene rings is 2. The summed E-state index contributed by atoms with van der Waals surface area (Å²) in [6.45, 7) is 3.31. The van der Waals surface area contributed by atoms with Gasteiger partial charge in [-0.25, -0.2) is 15.0 Å². The van der Waals surface area contributed by atoms with Crippen LogP contribution in [0.4, 0.5) is 5.82 Å². The van der Waals surface area contributed by atoms with Crippen molar-refractivity contribution >= 4 is 29.0 Å². The molecule has 1 aliphatic rings. The lowest BCUT2D eigenvalue weighted by Gasteiger charge is -2.15. The van der Waals surface area contributed by atoms with E-state index in [2.05, 4.69) is 44.5 Å². The molecule has 2 heterocycles. The first-order chi connectivity index (χ1) is 16.6. The molecule has 0 spiro atoms. The van der Waals surface area contributed by atoms with Gasteiger partial charge in [0.25, 0.3) is 0 Å². The van der Waals surface area contributed by atoms with Crippen LogP contribution >= 0.6 is 23.2 Å². The maximum atomic E-state index is 6.29. The van der Waals surface area contributed by atoms with Gasteiger partial charge in [-0.1, -0.05) is 48.0 Å². The van der Waals surface area contributed by atoms with E-state index < -0.39 is 0 Å². The molecule has 0 saturated carbocycles. The molecule has 0 amide bonds. The quantitative estimate of drug-likeness (QED) is 0.232. The Morgan fingerprint density at radius 3 is 2.76 bits per heavy atom. The molecule has 174 valence electrons. The average Bonchev–Trinajstić information content (AvgIpc) is 3.46. The fourth-order valence-corrected chi connectivity index (χ4v) is 4.76. The summed E-state index contributed by atoms with van der Waals surface area (Å²) in [5, 5.41) is 4.18. The van der Waals surface area contributed by atoms with Crippen LogP contribution in [-0.2, 0) is 6.42 Å². The standard InChI is InChI=1S/C26H25Cl2N5O/c1-17-8-11-21(33-15-23(27)30-16-33)22(14-17)34-13-5-12-29-25-20-10-9-19(18-6-3-2-4-7-18)24(20)31-26(28)32-25/h2-4,6-8,11,14-16,19H,5,9-10,12-13H2,1H3,(H,29,31,32). The Kier molecular flexibility index (Phi) is 6.70. The number of nitrogens with one attached hydrogen (secondary N) is 1. The Morgan fingerprint density at radius 2 is 1.97 bits per heavy atom. The van der Waals surface area contributed by atoms with Gasteiger partial charge in [0.1, 0.15) is 23.0 Å². The Bertz CT molecular complexity index is 1290. The first-order valence-corrected chi connectivity index (χ1v) is 12.1. The van der Waals surface area contributed by atoms with Crippen molar-refractivity contribution in [3.05, 3.63) is 93.9 Å². The van der Waals surface area contributed by atoms with Gasteiger partial charge in [-0.2, -0.15) is 0 Å². The molecule has 1 N–H and O–H groups in total. The minimum atomic E-state index is 0.261. The smallest absolute Gasteiger partial charge is 0.224 e. The number of ether oxygens (including phenoxy) is 1. The molecule has 1 atom stereocenters. The van der Waals surface area contributed by atoms with E-state index in [4.69, 9.17) is 27.9 Å². The van der Waals surface area contributed by atoms with E-state index in [1.807, 2.05) is 35.8 Å². The molecular formula is C26H25Cl2N5O. The lowest BCUT2D eigenvalue weighted by Crippen LogP contribution is -2.12. The van der Waals surface area contributed by atoms with Crippen molar-refractivity contribution in [2.45, 2.75) is 32.1 Å². The zero-order valence-electron chi connectivity index (χ0n) is 18.8. The summed E-state index contributed by atoms with van der Waals surface area (Å²) in [5.41, 5.74) is 5.50. The van der Waals surface area contributed by atoms with E-state index in [-0.39, 0.29) is 11.2 Å². The van der Waals surface area contributed by atoms with Crippen LogP contribution in [0.3, 0.4) is 0 Å². The molecule has 0 saturated heterocycles. The molecule has 0 bridgehead atoms. The lowest BCUT2D eigenvalue weighted by molar-refractivity contribution is 0.314. The Hall–Kier alpha value is -3.09. The number of aromatic nitrogens is 4. The van der Waals surface area contributed by atoms with Crippen LogP contribution < -0.4 is 10.1 Å². The monoisotopic (exact) mass is 493 g/mol. The van der Waals surface area contributed by atoms with Crippen molar-refractivity contribution in [1.29, 1.82) is 0 Å². The SMILES string of the molecule is Cc1ccc(-n2cnc(Cl)c2)c(OCCCNc2nc(Cl)nc3c2CCC3c2ccccc2)c1. The Balaban J connectivity index is 1.22. The first-order valence-electron chi connectivity index (χ1n) is 11.4. The second-order valence-electron chi connectivity index (χ2n) is 8.41. The number of fused-ring (bicyclic) bond motifs is 1. The maximum absolute atomic E-state index is 6.29. The molecule has 2 aromatic heterocycles. The lowest BCUT2D eigenvalue weighted by atomic mass is 9.97. The molecular weight excluding hydrogens is 469 g/mol. The van der Waals surface area contributed by atoms with E-state index in [0.29, 0.717) is 18.3 Å².